The Bertz CT molecular complexity index is 910. The summed E-state index contributed by atoms with van der Waals surface area (Å²) in [6, 6.07) is 15.2. The first-order chi connectivity index (χ1) is 13.0. The van der Waals surface area contributed by atoms with Gasteiger partial charge in [-0.15, -0.1) is 0 Å². The summed E-state index contributed by atoms with van der Waals surface area (Å²) < 4.78 is 0. The van der Waals surface area contributed by atoms with Gasteiger partial charge in [-0.05, 0) is 47.6 Å². The molecule has 1 aliphatic heterocycles. The van der Waals surface area contributed by atoms with Crippen molar-refractivity contribution in [3.63, 3.8) is 0 Å². The number of allylic oxidation sites excluding steroid dienone is 2. The van der Waals surface area contributed by atoms with E-state index in [4.69, 9.17) is 0 Å². The van der Waals surface area contributed by atoms with E-state index in [2.05, 4.69) is 36.5 Å². The van der Waals surface area contributed by atoms with Crippen molar-refractivity contribution in [2.24, 2.45) is 0 Å². The molecule has 2 aromatic carbocycles. The second kappa shape index (κ2) is 7.03. The molecule has 1 heterocycles. The third kappa shape index (κ3) is 3.39. The van der Waals surface area contributed by atoms with Gasteiger partial charge in [0, 0.05) is 30.0 Å². The first-order valence-electron chi connectivity index (χ1n) is 9.49. The molecule has 4 rings (SSSR count). The Morgan fingerprint density at radius 3 is 2.26 bits per heavy atom. The summed E-state index contributed by atoms with van der Waals surface area (Å²) in [7, 11) is 0. The van der Waals surface area contributed by atoms with Gasteiger partial charge in [-0.3, -0.25) is 9.59 Å². The van der Waals surface area contributed by atoms with Crippen LogP contribution in [0.15, 0.2) is 59.8 Å². The highest BCUT2D eigenvalue weighted by Gasteiger charge is 2.38. The monoisotopic (exact) mass is 361 g/mol. The summed E-state index contributed by atoms with van der Waals surface area (Å²) in [5.41, 5.74) is 4.83. The normalized spacial score (nSPS) is 22.4. The van der Waals surface area contributed by atoms with Crippen LogP contribution in [0.4, 0.5) is 0 Å². The van der Waals surface area contributed by atoms with Crippen molar-refractivity contribution < 1.29 is 14.7 Å². The number of hydrogen-bond donors (Lipinski definition) is 2. The van der Waals surface area contributed by atoms with Crippen molar-refractivity contribution in [1.82, 2.24) is 5.32 Å². The van der Waals surface area contributed by atoms with E-state index >= 15 is 0 Å². The maximum Gasteiger partial charge on any atom is 0.225 e. The first-order valence-corrected chi connectivity index (χ1v) is 9.49. The van der Waals surface area contributed by atoms with Crippen LogP contribution in [0.2, 0.25) is 0 Å². The van der Waals surface area contributed by atoms with E-state index in [1.54, 1.807) is 24.3 Å². The summed E-state index contributed by atoms with van der Waals surface area (Å²) in [6.45, 7) is 2.12. The van der Waals surface area contributed by atoms with Crippen molar-refractivity contribution in [3.05, 3.63) is 76.5 Å². The van der Waals surface area contributed by atoms with Crippen LogP contribution >= 0.6 is 0 Å². The third-order valence-electron chi connectivity index (χ3n) is 5.69. The molecule has 0 radical (unpaired) electrons. The van der Waals surface area contributed by atoms with Crippen LogP contribution in [0.25, 0.3) is 0 Å². The standard InChI is InChI=1S/C23H23NO3/c1-2-14-3-5-15(6-4-14)17-11-20-23(21(26)12-17)19(13-22(27)24-20)16-7-9-18(25)10-8-16/h3-10,17,19,25H,2,11-13H2,1H3,(H,24,27). The molecule has 4 heteroatoms. The average molecular weight is 361 g/mol. The zero-order valence-corrected chi connectivity index (χ0v) is 15.4. The van der Waals surface area contributed by atoms with Gasteiger partial charge >= 0.3 is 0 Å². The summed E-state index contributed by atoms with van der Waals surface area (Å²) in [5.74, 6) is 0.102. The lowest BCUT2D eigenvalue weighted by molar-refractivity contribution is -0.122. The third-order valence-corrected chi connectivity index (χ3v) is 5.69. The molecule has 0 aromatic heterocycles. The molecule has 27 heavy (non-hydrogen) atoms. The minimum atomic E-state index is -0.231. The highest BCUT2D eigenvalue weighted by molar-refractivity contribution is 6.02. The number of carbonyl (C=O) groups is 2. The molecule has 2 N–H and O–H groups in total. The van der Waals surface area contributed by atoms with Gasteiger partial charge in [-0.25, -0.2) is 0 Å². The second-order valence-electron chi connectivity index (χ2n) is 7.41. The maximum atomic E-state index is 13.0. The van der Waals surface area contributed by atoms with E-state index < -0.39 is 0 Å². The van der Waals surface area contributed by atoms with Crippen molar-refractivity contribution in [3.8, 4) is 5.75 Å². The number of Topliss-reactive ketones (excluding diaryl/α,β-unsaturated/α-hetero) is 1. The number of ketones is 1. The molecule has 0 spiro atoms. The lowest BCUT2D eigenvalue weighted by atomic mass is 9.73. The van der Waals surface area contributed by atoms with Gasteiger partial charge in [-0.1, -0.05) is 43.3 Å². The first kappa shape index (κ1) is 17.5. The molecule has 0 saturated heterocycles. The topological polar surface area (TPSA) is 66.4 Å². The van der Waals surface area contributed by atoms with Gasteiger partial charge in [0.15, 0.2) is 5.78 Å². The smallest absolute Gasteiger partial charge is 0.225 e. The van der Waals surface area contributed by atoms with Crippen molar-refractivity contribution in [2.45, 2.75) is 44.4 Å². The van der Waals surface area contributed by atoms with Gasteiger partial charge in [0.25, 0.3) is 0 Å². The summed E-state index contributed by atoms with van der Waals surface area (Å²) >= 11 is 0. The molecule has 2 aliphatic rings. The Balaban J connectivity index is 1.67. The predicted octanol–water partition coefficient (Wildman–Crippen LogP) is 3.96. The number of phenols is 1. The summed E-state index contributed by atoms with van der Waals surface area (Å²) in [6.07, 6.45) is 2.40. The Morgan fingerprint density at radius 2 is 1.59 bits per heavy atom. The van der Waals surface area contributed by atoms with E-state index in [1.807, 2.05) is 0 Å². The summed E-state index contributed by atoms with van der Waals surface area (Å²) in [4.78, 5) is 25.3. The van der Waals surface area contributed by atoms with Crippen LogP contribution in [-0.4, -0.2) is 16.8 Å². The van der Waals surface area contributed by atoms with Gasteiger partial charge in [-0.2, -0.15) is 0 Å². The Labute approximate surface area is 158 Å². The molecule has 4 nitrogen and oxygen atoms in total. The number of aryl methyl sites for hydroxylation is 1. The fourth-order valence-electron chi connectivity index (χ4n) is 4.21. The van der Waals surface area contributed by atoms with Gasteiger partial charge in [0.1, 0.15) is 5.75 Å². The highest BCUT2D eigenvalue weighted by atomic mass is 16.3. The maximum absolute atomic E-state index is 13.0. The van der Waals surface area contributed by atoms with Crippen LogP contribution in [0.1, 0.15) is 54.7 Å². The number of hydrogen-bond acceptors (Lipinski definition) is 3. The molecular weight excluding hydrogens is 338 g/mol. The predicted molar refractivity (Wildman–Crippen MR) is 103 cm³/mol. The number of benzene rings is 2. The minimum absolute atomic E-state index is 0.0541. The number of nitrogens with one attached hydrogen (secondary N) is 1. The number of amides is 1. The van der Waals surface area contributed by atoms with Gasteiger partial charge < -0.3 is 10.4 Å². The summed E-state index contributed by atoms with van der Waals surface area (Å²) in [5, 5.41) is 12.5. The highest BCUT2D eigenvalue weighted by Crippen LogP contribution is 2.42. The zero-order valence-electron chi connectivity index (χ0n) is 15.4. The molecule has 2 atom stereocenters. The fourth-order valence-corrected chi connectivity index (χ4v) is 4.21. The lowest BCUT2D eigenvalue weighted by Gasteiger charge is -2.34. The van der Waals surface area contributed by atoms with Crippen molar-refractivity contribution in [2.75, 3.05) is 0 Å². The Morgan fingerprint density at radius 1 is 0.926 bits per heavy atom. The van der Waals surface area contributed by atoms with E-state index in [0.717, 1.165) is 28.8 Å². The van der Waals surface area contributed by atoms with E-state index in [1.165, 1.54) is 5.56 Å². The Kier molecular flexibility index (Phi) is 4.56. The fraction of sp³-hybridized carbons (Fsp3) is 0.304. The molecule has 1 amide bonds. The molecule has 0 bridgehead atoms. The van der Waals surface area contributed by atoms with Crippen LogP contribution in [0.3, 0.4) is 0 Å². The number of rotatable bonds is 3. The zero-order chi connectivity index (χ0) is 19.0. The van der Waals surface area contributed by atoms with Crippen LogP contribution in [0, 0.1) is 0 Å². The molecule has 138 valence electrons. The van der Waals surface area contributed by atoms with Crippen LogP contribution in [0.5, 0.6) is 5.75 Å². The van der Waals surface area contributed by atoms with Gasteiger partial charge in [0.2, 0.25) is 5.91 Å². The number of carbonyl (C=O) groups excluding carboxylic acids is 2. The molecule has 2 unspecified atom stereocenters. The second-order valence-corrected chi connectivity index (χ2v) is 7.41. The molecule has 0 fully saturated rings. The largest absolute Gasteiger partial charge is 0.508 e. The van der Waals surface area contributed by atoms with Gasteiger partial charge in [0.05, 0.1) is 0 Å². The molecular formula is C23H23NO3. The minimum Gasteiger partial charge on any atom is -0.508 e. The van der Waals surface area contributed by atoms with E-state index in [0.29, 0.717) is 12.8 Å². The van der Waals surface area contributed by atoms with Crippen LogP contribution in [-0.2, 0) is 16.0 Å². The van der Waals surface area contributed by atoms with E-state index in [-0.39, 0.29) is 35.7 Å². The van der Waals surface area contributed by atoms with Crippen molar-refractivity contribution in [1.29, 1.82) is 0 Å². The van der Waals surface area contributed by atoms with E-state index in [9.17, 15) is 14.7 Å². The SMILES string of the molecule is CCc1ccc(C2CC(=O)C3=C(C2)NC(=O)CC3c2ccc(O)cc2)cc1. The quantitative estimate of drug-likeness (QED) is 0.870. The molecule has 2 aromatic rings. The number of aromatic hydroxyl groups is 1. The average Bonchev–Trinajstić information content (AvgIpc) is 2.67. The number of phenolic OH excluding ortho intramolecular Hbond substituents is 1. The molecule has 1 aliphatic carbocycles. The van der Waals surface area contributed by atoms with Crippen molar-refractivity contribution >= 4 is 11.7 Å². The van der Waals surface area contributed by atoms with Crippen LogP contribution < -0.4 is 5.32 Å². The lowest BCUT2D eigenvalue weighted by Crippen LogP contribution is -2.38. The Hall–Kier alpha value is -2.88. The molecule has 0 saturated carbocycles.